The number of halogens is 1. The summed E-state index contributed by atoms with van der Waals surface area (Å²) in [5, 5.41) is 3.00. The van der Waals surface area contributed by atoms with Gasteiger partial charge in [-0.25, -0.2) is 4.79 Å². The number of rotatable bonds is 3. The molecule has 1 amide bonds. The number of carbonyl (C=O) groups is 1. The van der Waals surface area contributed by atoms with E-state index in [1.165, 1.54) is 11.1 Å². The average molecular weight is 383 g/mol. The highest BCUT2D eigenvalue weighted by Crippen LogP contribution is 2.22. The van der Waals surface area contributed by atoms with Crippen LogP contribution in [0.1, 0.15) is 44.7 Å². The molecule has 1 aliphatic heterocycles. The number of alkyl carbamates (subject to hydrolysis) is 1. The summed E-state index contributed by atoms with van der Waals surface area (Å²) in [7, 11) is 0. The zero-order valence-electron chi connectivity index (χ0n) is 14.5. The van der Waals surface area contributed by atoms with Crippen LogP contribution in [0.15, 0.2) is 22.7 Å². The molecule has 0 bridgehead atoms. The van der Waals surface area contributed by atoms with E-state index in [4.69, 9.17) is 4.74 Å². The molecule has 2 rings (SSSR count). The lowest BCUT2D eigenvalue weighted by molar-refractivity contribution is 0.0470. The Labute approximate surface area is 147 Å². The lowest BCUT2D eigenvalue weighted by Crippen LogP contribution is -2.48. The number of carbonyl (C=O) groups excluding carboxylic acids is 1. The molecule has 1 aromatic rings. The maximum Gasteiger partial charge on any atom is 0.407 e. The zero-order chi connectivity index (χ0) is 17.0. The minimum Gasteiger partial charge on any atom is -0.444 e. The molecule has 1 saturated heterocycles. The Morgan fingerprint density at radius 2 is 2.17 bits per heavy atom. The first-order chi connectivity index (χ1) is 10.7. The first kappa shape index (κ1) is 18.3. The molecule has 1 N–H and O–H groups in total. The third-order valence-corrected chi connectivity index (χ3v) is 4.60. The van der Waals surface area contributed by atoms with Gasteiger partial charge in [-0.3, -0.25) is 4.90 Å². The molecule has 1 aromatic carbocycles. The predicted molar refractivity (Wildman–Crippen MR) is 96.5 cm³/mol. The summed E-state index contributed by atoms with van der Waals surface area (Å²) in [6.45, 7) is 10.6. The van der Waals surface area contributed by atoms with Gasteiger partial charge in [0.15, 0.2) is 0 Å². The van der Waals surface area contributed by atoms with Crippen LogP contribution < -0.4 is 5.32 Å². The van der Waals surface area contributed by atoms with Crippen LogP contribution in [0.5, 0.6) is 0 Å². The second-order valence-corrected chi connectivity index (χ2v) is 8.17. The number of piperidine rings is 1. The molecule has 0 aromatic heterocycles. The number of likely N-dealkylation sites (tertiary alicyclic amines) is 1. The Kier molecular flexibility index (Phi) is 6.09. The van der Waals surface area contributed by atoms with E-state index in [-0.39, 0.29) is 12.1 Å². The van der Waals surface area contributed by atoms with Gasteiger partial charge in [0, 0.05) is 23.6 Å². The van der Waals surface area contributed by atoms with Crippen molar-refractivity contribution in [2.45, 2.75) is 58.7 Å². The first-order valence-electron chi connectivity index (χ1n) is 8.20. The van der Waals surface area contributed by atoms with Crippen molar-refractivity contribution < 1.29 is 9.53 Å². The maximum atomic E-state index is 11.9. The van der Waals surface area contributed by atoms with Crippen molar-refractivity contribution in [1.29, 1.82) is 0 Å². The number of hydrogen-bond donors (Lipinski definition) is 1. The Morgan fingerprint density at radius 3 is 2.87 bits per heavy atom. The fraction of sp³-hybridized carbons (Fsp3) is 0.611. The number of nitrogens with zero attached hydrogens (tertiary/aromatic N) is 1. The Balaban J connectivity index is 1.90. The average Bonchev–Trinajstić information content (AvgIpc) is 2.41. The van der Waals surface area contributed by atoms with Gasteiger partial charge >= 0.3 is 6.09 Å². The van der Waals surface area contributed by atoms with Crippen molar-refractivity contribution >= 4 is 22.0 Å². The van der Waals surface area contributed by atoms with Crippen molar-refractivity contribution in [3.63, 3.8) is 0 Å². The van der Waals surface area contributed by atoms with Crippen LogP contribution in [0.25, 0.3) is 0 Å². The Morgan fingerprint density at radius 1 is 1.43 bits per heavy atom. The number of aryl methyl sites for hydroxylation is 1. The summed E-state index contributed by atoms with van der Waals surface area (Å²) in [4.78, 5) is 14.3. The Hall–Kier alpha value is -1.07. The first-order valence-corrected chi connectivity index (χ1v) is 8.99. The van der Waals surface area contributed by atoms with Crippen LogP contribution >= 0.6 is 15.9 Å². The second-order valence-electron chi connectivity index (χ2n) is 7.32. The smallest absolute Gasteiger partial charge is 0.407 e. The van der Waals surface area contributed by atoms with E-state index in [1.54, 1.807) is 0 Å². The fourth-order valence-corrected chi connectivity index (χ4v) is 3.23. The van der Waals surface area contributed by atoms with Gasteiger partial charge in [0.25, 0.3) is 0 Å². The van der Waals surface area contributed by atoms with Crippen molar-refractivity contribution in [1.82, 2.24) is 10.2 Å². The normalized spacial score (nSPS) is 19.4. The van der Waals surface area contributed by atoms with Crippen LogP contribution in [0.3, 0.4) is 0 Å². The third-order valence-electron chi connectivity index (χ3n) is 3.82. The van der Waals surface area contributed by atoms with Crippen LogP contribution in [0, 0.1) is 6.92 Å². The highest BCUT2D eigenvalue weighted by Gasteiger charge is 2.24. The highest BCUT2D eigenvalue weighted by molar-refractivity contribution is 9.10. The minimum atomic E-state index is -0.454. The summed E-state index contributed by atoms with van der Waals surface area (Å²) in [5.41, 5.74) is 2.11. The molecule has 1 heterocycles. The van der Waals surface area contributed by atoms with Crippen LogP contribution in [0.4, 0.5) is 4.79 Å². The molecule has 0 radical (unpaired) electrons. The summed E-state index contributed by atoms with van der Waals surface area (Å²) >= 11 is 3.63. The van der Waals surface area contributed by atoms with Crippen LogP contribution in [-0.4, -0.2) is 35.7 Å². The van der Waals surface area contributed by atoms with Gasteiger partial charge in [0.05, 0.1) is 0 Å². The van der Waals surface area contributed by atoms with E-state index in [0.29, 0.717) is 0 Å². The quantitative estimate of drug-likeness (QED) is 0.849. The van der Waals surface area contributed by atoms with Gasteiger partial charge in [0.2, 0.25) is 0 Å². The van der Waals surface area contributed by atoms with Gasteiger partial charge in [0.1, 0.15) is 5.60 Å². The molecular weight excluding hydrogens is 356 g/mol. The zero-order valence-corrected chi connectivity index (χ0v) is 16.1. The molecule has 4 nitrogen and oxygen atoms in total. The SMILES string of the molecule is Cc1ccc(Br)c(CN2CCC[C@H](NC(=O)OC(C)(C)C)C2)c1. The van der Waals surface area contributed by atoms with Crippen molar-refractivity contribution in [2.75, 3.05) is 13.1 Å². The number of amides is 1. The predicted octanol–water partition coefficient (Wildman–Crippen LogP) is 4.25. The second kappa shape index (κ2) is 7.67. The number of benzene rings is 1. The number of hydrogen-bond acceptors (Lipinski definition) is 3. The Bertz CT molecular complexity index is 554. The molecule has 5 heteroatoms. The monoisotopic (exact) mass is 382 g/mol. The van der Waals surface area contributed by atoms with Gasteiger partial charge in [-0.1, -0.05) is 33.6 Å². The number of nitrogens with one attached hydrogen (secondary N) is 1. The lowest BCUT2D eigenvalue weighted by atomic mass is 10.0. The summed E-state index contributed by atoms with van der Waals surface area (Å²) in [5.74, 6) is 0. The fourth-order valence-electron chi connectivity index (χ4n) is 2.86. The molecule has 0 saturated carbocycles. The van der Waals surface area contributed by atoms with E-state index in [1.807, 2.05) is 20.8 Å². The molecule has 0 unspecified atom stereocenters. The van der Waals surface area contributed by atoms with E-state index >= 15 is 0 Å². The summed E-state index contributed by atoms with van der Waals surface area (Å²) in [6.07, 6.45) is 1.77. The van der Waals surface area contributed by atoms with Crippen molar-refractivity contribution in [3.05, 3.63) is 33.8 Å². The lowest BCUT2D eigenvalue weighted by Gasteiger charge is -2.33. The minimum absolute atomic E-state index is 0.155. The highest BCUT2D eigenvalue weighted by atomic mass is 79.9. The standard InChI is InChI=1S/C18H27BrN2O2/c1-13-7-8-16(19)14(10-13)11-21-9-5-6-15(12-21)20-17(22)23-18(2,3)4/h7-8,10,15H,5-6,9,11-12H2,1-4H3,(H,20,22)/t15-/m0/s1. The van der Waals surface area contributed by atoms with Gasteiger partial charge in [-0.05, 0) is 58.7 Å². The molecule has 1 atom stereocenters. The van der Waals surface area contributed by atoms with Crippen LogP contribution in [0.2, 0.25) is 0 Å². The van der Waals surface area contributed by atoms with Gasteiger partial charge in [-0.15, -0.1) is 0 Å². The molecule has 0 aliphatic carbocycles. The molecule has 23 heavy (non-hydrogen) atoms. The van der Waals surface area contributed by atoms with E-state index < -0.39 is 5.60 Å². The van der Waals surface area contributed by atoms with Gasteiger partial charge < -0.3 is 10.1 Å². The molecular formula is C18H27BrN2O2. The van der Waals surface area contributed by atoms with Crippen molar-refractivity contribution in [3.8, 4) is 0 Å². The molecule has 0 spiro atoms. The molecule has 128 valence electrons. The summed E-state index contributed by atoms with van der Waals surface area (Å²) in [6, 6.07) is 6.58. The van der Waals surface area contributed by atoms with E-state index in [2.05, 4.69) is 51.3 Å². The topological polar surface area (TPSA) is 41.6 Å². The summed E-state index contributed by atoms with van der Waals surface area (Å²) < 4.78 is 6.50. The maximum absolute atomic E-state index is 11.9. The largest absolute Gasteiger partial charge is 0.444 e. The van der Waals surface area contributed by atoms with E-state index in [0.717, 1.165) is 36.9 Å². The number of ether oxygens (including phenoxy) is 1. The van der Waals surface area contributed by atoms with Crippen molar-refractivity contribution in [2.24, 2.45) is 0 Å². The third kappa shape index (κ3) is 6.15. The van der Waals surface area contributed by atoms with Gasteiger partial charge in [-0.2, -0.15) is 0 Å². The molecule has 1 fully saturated rings. The van der Waals surface area contributed by atoms with E-state index in [9.17, 15) is 4.79 Å². The molecule has 1 aliphatic rings. The van der Waals surface area contributed by atoms with Crippen LogP contribution in [-0.2, 0) is 11.3 Å².